The molecular formula is C23H31N3O5S. The Labute approximate surface area is 190 Å². The van der Waals surface area contributed by atoms with Gasteiger partial charge in [0.05, 0.1) is 23.2 Å². The topological polar surface area (TPSA) is 105 Å². The van der Waals surface area contributed by atoms with Crippen LogP contribution in [0.4, 0.5) is 11.4 Å². The van der Waals surface area contributed by atoms with Crippen molar-refractivity contribution in [1.29, 1.82) is 0 Å². The highest BCUT2D eigenvalue weighted by Gasteiger charge is 2.23. The summed E-state index contributed by atoms with van der Waals surface area (Å²) in [5, 5.41) is 5.67. The van der Waals surface area contributed by atoms with Crippen LogP contribution in [0.25, 0.3) is 0 Å². The lowest BCUT2D eigenvalue weighted by atomic mass is 10.1. The number of nitrogens with zero attached hydrogens (tertiary/aromatic N) is 1. The third-order valence-electron chi connectivity index (χ3n) is 4.56. The van der Waals surface area contributed by atoms with Crippen molar-refractivity contribution in [2.45, 2.75) is 45.8 Å². The van der Waals surface area contributed by atoms with Crippen LogP contribution in [0.2, 0.25) is 0 Å². The van der Waals surface area contributed by atoms with Crippen LogP contribution in [0.15, 0.2) is 48.5 Å². The second-order valence-electron chi connectivity index (χ2n) is 8.48. The fourth-order valence-corrected chi connectivity index (χ4v) is 3.33. The predicted octanol–water partition coefficient (Wildman–Crippen LogP) is 3.41. The highest BCUT2D eigenvalue weighted by atomic mass is 32.2. The minimum absolute atomic E-state index is 0.284. The molecule has 9 heteroatoms. The van der Waals surface area contributed by atoms with Gasteiger partial charge in [-0.1, -0.05) is 19.1 Å². The standard InChI is InChI=1S/C23H31N3O5S/c1-7-20(31-17-14-12-16(13-15-17)26(5)32(6,29)30)22(28)24-19-11-9-8-10-18(19)21(27)25-23(2,3)4/h8-15,20H,7H2,1-6H3,(H,24,28)(H,25,27). The highest BCUT2D eigenvalue weighted by Crippen LogP contribution is 2.22. The molecule has 0 bridgehead atoms. The molecule has 0 saturated heterocycles. The molecule has 0 spiro atoms. The summed E-state index contributed by atoms with van der Waals surface area (Å²) in [5.74, 6) is -0.245. The normalized spacial score (nSPS) is 12.6. The van der Waals surface area contributed by atoms with Crippen molar-refractivity contribution in [3.05, 3.63) is 54.1 Å². The molecule has 174 valence electrons. The molecule has 0 aromatic heterocycles. The summed E-state index contributed by atoms with van der Waals surface area (Å²) in [5.41, 5.74) is 0.821. The SMILES string of the molecule is CCC(Oc1ccc(N(C)S(C)(=O)=O)cc1)C(=O)Nc1ccccc1C(=O)NC(C)(C)C. The van der Waals surface area contributed by atoms with Gasteiger partial charge in [0.15, 0.2) is 6.10 Å². The largest absolute Gasteiger partial charge is 0.481 e. The van der Waals surface area contributed by atoms with Gasteiger partial charge >= 0.3 is 0 Å². The van der Waals surface area contributed by atoms with Crippen molar-refractivity contribution in [2.75, 3.05) is 22.9 Å². The summed E-state index contributed by atoms with van der Waals surface area (Å²) in [6.07, 6.45) is 0.717. The molecule has 1 unspecified atom stereocenters. The van der Waals surface area contributed by atoms with Gasteiger partial charge < -0.3 is 15.4 Å². The third kappa shape index (κ3) is 6.98. The molecule has 2 N–H and O–H groups in total. The van der Waals surface area contributed by atoms with E-state index in [-0.39, 0.29) is 11.8 Å². The lowest BCUT2D eigenvalue weighted by Crippen LogP contribution is -2.41. The van der Waals surface area contributed by atoms with Crippen molar-refractivity contribution in [2.24, 2.45) is 0 Å². The fraction of sp³-hybridized carbons (Fsp3) is 0.391. The zero-order valence-electron chi connectivity index (χ0n) is 19.3. The minimum Gasteiger partial charge on any atom is -0.481 e. The number of sulfonamides is 1. The van der Waals surface area contributed by atoms with Crippen molar-refractivity contribution in [1.82, 2.24) is 5.32 Å². The highest BCUT2D eigenvalue weighted by molar-refractivity contribution is 7.92. The van der Waals surface area contributed by atoms with Gasteiger partial charge in [-0.25, -0.2) is 8.42 Å². The van der Waals surface area contributed by atoms with E-state index in [2.05, 4.69) is 10.6 Å². The number of carbonyl (C=O) groups excluding carboxylic acids is 2. The van der Waals surface area contributed by atoms with E-state index in [1.807, 2.05) is 27.7 Å². The molecule has 1 atom stereocenters. The smallest absolute Gasteiger partial charge is 0.265 e. The van der Waals surface area contributed by atoms with Crippen molar-refractivity contribution in [3.63, 3.8) is 0 Å². The van der Waals surface area contributed by atoms with E-state index in [1.54, 1.807) is 48.5 Å². The quantitative estimate of drug-likeness (QED) is 0.627. The summed E-state index contributed by atoms with van der Waals surface area (Å²) in [4.78, 5) is 25.5. The Hall–Kier alpha value is -3.07. The number of benzene rings is 2. The number of carbonyl (C=O) groups is 2. The Morgan fingerprint density at radius 1 is 1.06 bits per heavy atom. The van der Waals surface area contributed by atoms with Crippen LogP contribution < -0.4 is 19.7 Å². The molecule has 2 aromatic carbocycles. The zero-order valence-corrected chi connectivity index (χ0v) is 20.1. The number of rotatable bonds is 8. The first-order chi connectivity index (χ1) is 14.8. The van der Waals surface area contributed by atoms with Gasteiger partial charge in [0.2, 0.25) is 10.0 Å². The number of nitrogens with one attached hydrogen (secondary N) is 2. The van der Waals surface area contributed by atoms with E-state index >= 15 is 0 Å². The summed E-state index contributed by atoms with van der Waals surface area (Å²) in [7, 11) is -1.91. The molecule has 2 amide bonds. The maximum Gasteiger partial charge on any atom is 0.265 e. The Kier molecular flexibility index (Phi) is 7.90. The van der Waals surface area contributed by atoms with Crippen LogP contribution >= 0.6 is 0 Å². The second-order valence-corrected chi connectivity index (χ2v) is 10.5. The Morgan fingerprint density at radius 3 is 2.19 bits per heavy atom. The van der Waals surface area contributed by atoms with E-state index in [0.717, 1.165) is 10.6 Å². The van der Waals surface area contributed by atoms with E-state index in [0.29, 0.717) is 29.1 Å². The van der Waals surface area contributed by atoms with Crippen molar-refractivity contribution in [3.8, 4) is 5.75 Å². The molecule has 0 aliphatic heterocycles. The summed E-state index contributed by atoms with van der Waals surface area (Å²) in [6.45, 7) is 7.46. The molecule has 8 nitrogen and oxygen atoms in total. The van der Waals surface area contributed by atoms with E-state index in [1.165, 1.54) is 7.05 Å². The van der Waals surface area contributed by atoms with Gasteiger partial charge in [-0.3, -0.25) is 13.9 Å². The average Bonchev–Trinajstić information content (AvgIpc) is 2.70. The molecule has 0 radical (unpaired) electrons. The van der Waals surface area contributed by atoms with Gasteiger partial charge in [-0.15, -0.1) is 0 Å². The van der Waals surface area contributed by atoms with E-state index < -0.39 is 21.7 Å². The van der Waals surface area contributed by atoms with Crippen LogP contribution in [-0.4, -0.2) is 45.2 Å². The molecule has 0 aliphatic rings. The predicted molar refractivity (Wildman–Crippen MR) is 127 cm³/mol. The second kappa shape index (κ2) is 10.0. The van der Waals surface area contributed by atoms with Crippen LogP contribution in [0.5, 0.6) is 5.75 Å². The Morgan fingerprint density at radius 2 is 1.66 bits per heavy atom. The summed E-state index contributed by atoms with van der Waals surface area (Å²) in [6, 6.07) is 13.2. The lowest BCUT2D eigenvalue weighted by Gasteiger charge is -2.22. The van der Waals surface area contributed by atoms with Crippen LogP contribution in [-0.2, 0) is 14.8 Å². The Bertz CT molecular complexity index is 1060. The third-order valence-corrected chi connectivity index (χ3v) is 5.76. The number of hydrogen-bond donors (Lipinski definition) is 2. The lowest BCUT2D eigenvalue weighted by molar-refractivity contribution is -0.122. The average molecular weight is 462 g/mol. The Balaban J connectivity index is 2.14. The van der Waals surface area contributed by atoms with Gasteiger partial charge in [0, 0.05) is 12.6 Å². The van der Waals surface area contributed by atoms with Crippen LogP contribution in [0.1, 0.15) is 44.5 Å². The number of ether oxygens (including phenoxy) is 1. The number of para-hydroxylation sites is 1. The van der Waals surface area contributed by atoms with Gasteiger partial charge in [0.25, 0.3) is 11.8 Å². The number of anilines is 2. The maximum absolute atomic E-state index is 12.9. The molecular weight excluding hydrogens is 430 g/mol. The van der Waals surface area contributed by atoms with Crippen molar-refractivity contribution >= 4 is 33.2 Å². The van der Waals surface area contributed by atoms with Crippen molar-refractivity contribution < 1.29 is 22.7 Å². The van der Waals surface area contributed by atoms with Crippen LogP contribution in [0.3, 0.4) is 0 Å². The monoisotopic (exact) mass is 461 g/mol. The first-order valence-electron chi connectivity index (χ1n) is 10.2. The maximum atomic E-state index is 12.9. The van der Waals surface area contributed by atoms with Gasteiger partial charge in [-0.2, -0.15) is 0 Å². The fourth-order valence-electron chi connectivity index (χ4n) is 2.82. The molecule has 0 fully saturated rings. The molecule has 0 saturated carbocycles. The number of amides is 2. The molecule has 2 aromatic rings. The molecule has 2 rings (SSSR count). The van der Waals surface area contributed by atoms with Gasteiger partial charge in [0.1, 0.15) is 5.75 Å². The van der Waals surface area contributed by atoms with E-state index in [9.17, 15) is 18.0 Å². The first kappa shape index (κ1) is 25.2. The number of hydrogen-bond acceptors (Lipinski definition) is 5. The van der Waals surface area contributed by atoms with Crippen LogP contribution in [0, 0.1) is 0 Å². The van der Waals surface area contributed by atoms with E-state index in [4.69, 9.17) is 4.74 Å². The summed E-state index contributed by atoms with van der Waals surface area (Å²) < 4.78 is 30.3. The minimum atomic E-state index is -3.37. The zero-order chi connectivity index (χ0) is 24.1. The van der Waals surface area contributed by atoms with Gasteiger partial charge in [-0.05, 0) is 63.6 Å². The molecule has 0 heterocycles. The molecule has 32 heavy (non-hydrogen) atoms. The first-order valence-corrected chi connectivity index (χ1v) is 12.1. The summed E-state index contributed by atoms with van der Waals surface area (Å²) >= 11 is 0. The molecule has 0 aliphatic carbocycles.